The summed E-state index contributed by atoms with van der Waals surface area (Å²) in [6.45, 7) is 2.24. The lowest BCUT2D eigenvalue weighted by Gasteiger charge is -2.07. The van der Waals surface area contributed by atoms with Crippen LogP contribution in [0.15, 0.2) is 24.3 Å². The van der Waals surface area contributed by atoms with Crippen LogP contribution < -0.4 is 10.1 Å². The Balaban J connectivity index is 2.28. The summed E-state index contributed by atoms with van der Waals surface area (Å²) in [4.78, 5) is 10.8. The number of hydrogen-bond acceptors (Lipinski definition) is 2. The van der Waals surface area contributed by atoms with Crippen LogP contribution in [0.4, 0.5) is 5.69 Å². The number of anilines is 1. The topological polar surface area (TPSA) is 38.3 Å². The van der Waals surface area contributed by atoms with Gasteiger partial charge in [-0.15, -0.1) is 0 Å². The average Bonchev–Trinajstić information content (AvgIpc) is 2.30. The summed E-state index contributed by atoms with van der Waals surface area (Å²) in [6.07, 6.45) is 3.43. The first-order valence-corrected chi connectivity index (χ1v) is 6.91. The second-order valence-corrected chi connectivity index (χ2v) is 4.60. The molecule has 0 unspecified atom stereocenters. The van der Waals surface area contributed by atoms with Gasteiger partial charge in [-0.3, -0.25) is 4.79 Å². The van der Waals surface area contributed by atoms with Gasteiger partial charge in [0.25, 0.3) is 0 Å². The van der Waals surface area contributed by atoms with Crippen LogP contribution >= 0.6 is 15.9 Å². The number of carbonyl (C=O) groups is 1. The molecule has 17 heavy (non-hydrogen) atoms. The van der Waals surface area contributed by atoms with Crippen LogP contribution in [-0.4, -0.2) is 17.8 Å². The summed E-state index contributed by atoms with van der Waals surface area (Å²) in [5.41, 5.74) is 0.795. The van der Waals surface area contributed by atoms with Gasteiger partial charge in [0.2, 0.25) is 5.91 Å². The standard InChI is InChI=1S/C13H18BrNO2/c1-11(16)15-12-5-7-13(8-6-12)17-10-4-2-3-9-14/h5-8H,2-4,9-10H2,1H3,(H,15,16). The van der Waals surface area contributed by atoms with Crippen molar-refractivity contribution in [3.8, 4) is 5.75 Å². The third-order valence-electron chi connectivity index (χ3n) is 2.22. The molecule has 0 fully saturated rings. The van der Waals surface area contributed by atoms with Gasteiger partial charge in [-0.1, -0.05) is 15.9 Å². The van der Waals surface area contributed by atoms with Gasteiger partial charge >= 0.3 is 0 Å². The predicted molar refractivity (Wildman–Crippen MR) is 73.9 cm³/mol. The quantitative estimate of drug-likeness (QED) is 0.617. The molecule has 1 aromatic rings. The van der Waals surface area contributed by atoms with Crippen LogP contribution in [0.3, 0.4) is 0 Å². The van der Waals surface area contributed by atoms with E-state index in [9.17, 15) is 4.79 Å². The number of alkyl halides is 1. The minimum absolute atomic E-state index is 0.0616. The first-order chi connectivity index (χ1) is 8.22. The second kappa shape index (κ2) is 8.12. The van der Waals surface area contributed by atoms with E-state index in [2.05, 4.69) is 21.2 Å². The Labute approximate surface area is 111 Å². The SMILES string of the molecule is CC(=O)Nc1ccc(OCCCCCBr)cc1. The Morgan fingerprint density at radius 1 is 1.24 bits per heavy atom. The summed E-state index contributed by atoms with van der Waals surface area (Å²) < 4.78 is 5.58. The van der Waals surface area contributed by atoms with Gasteiger partial charge < -0.3 is 10.1 Å². The zero-order valence-corrected chi connectivity index (χ0v) is 11.6. The molecule has 4 heteroatoms. The first-order valence-electron chi connectivity index (χ1n) is 5.79. The number of unbranched alkanes of at least 4 members (excludes halogenated alkanes) is 2. The van der Waals surface area contributed by atoms with E-state index in [-0.39, 0.29) is 5.91 Å². The fraction of sp³-hybridized carbons (Fsp3) is 0.462. The number of benzene rings is 1. The van der Waals surface area contributed by atoms with Crippen molar-refractivity contribution in [3.63, 3.8) is 0 Å². The molecule has 0 spiro atoms. The van der Waals surface area contributed by atoms with Crippen LogP contribution in [0.5, 0.6) is 5.75 Å². The van der Waals surface area contributed by atoms with Gasteiger partial charge in [-0.25, -0.2) is 0 Å². The Bertz CT molecular complexity index is 338. The van der Waals surface area contributed by atoms with Gasteiger partial charge in [0.15, 0.2) is 0 Å². The Kier molecular flexibility index (Phi) is 6.70. The summed E-state index contributed by atoms with van der Waals surface area (Å²) in [5, 5.41) is 3.77. The molecule has 0 aliphatic rings. The summed E-state index contributed by atoms with van der Waals surface area (Å²) in [6, 6.07) is 7.43. The number of rotatable bonds is 7. The van der Waals surface area contributed by atoms with E-state index in [1.54, 1.807) is 0 Å². The first kappa shape index (κ1) is 14.0. The fourth-order valence-corrected chi connectivity index (χ4v) is 1.80. The molecule has 1 N–H and O–H groups in total. The van der Waals surface area contributed by atoms with Crippen LogP contribution in [0.25, 0.3) is 0 Å². The van der Waals surface area contributed by atoms with Crippen molar-refractivity contribution >= 4 is 27.5 Å². The van der Waals surface area contributed by atoms with E-state index in [0.717, 1.165) is 29.8 Å². The molecule has 3 nitrogen and oxygen atoms in total. The highest BCUT2D eigenvalue weighted by Gasteiger charge is 1.97. The molecular formula is C13H18BrNO2. The molecule has 0 aromatic heterocycles. The maximum atomic E-state index is 10.8. The number of nitrogens with one attached hydrogen (secondary N) is 1. The van der Waals surface area contributed by atoms with Crippen LogP contribution in [0.1, 0.15) is 26.2 Å². The number of hydrogen-bond donors (Lipinski definition) is 1. The highest BCUT2D eigenvalue weighted by Crippen LogP contribution is 2.16. The number of halogens is 1. The molecule has 1 rings (SSSR count). The van der Waals surface area contributed by atoms with E-state index < -0.39 is 0 Å². The van der Waals surface area contributed by atoms with Crippen LogP contribution in [0, 0.1) is 0 Å². The Morgan fingerprint density at radius 3 is 2.53 bits per heavy atom. The lowest BCUT2D eigenvalue weighted by Crippen LogP contribution is -2.05. The van der Waals surface area contributed by atoms with Gasteiger partial charge in [0, 0.05) is 17.9 Å². The highest BCUT2D eigenvalue weighted by molar-refractivity contribution is 9.09. The Hall–Kier alpha value is -1.03. The average molecular weight is 300 g/mol. The van der Waals surface area contributed by atoms with Crippen LogP contribution in [-0.2, 0) is 4.79 Å². The van der Waals surface area contributed by atoms with Gasteiger partial charge in [0.1, 0.15) is 5.75 Å². The molecule has 1 amide bonds. The van der Waals surface area contributed by atoms with E-state index >= 15 is 0 Å². The lowest BCUT2D eigenvalue weighted by atomic mass is 10.2. The molecular weight excluding hydrogens is 282 g/mol. The fourth-order valence-electron chi connectivity index (χ4n) is 1.40. The number of ether oxygens (including phenoxy) is 1. The van der Waals surface area contributed by atoms with Crippen molar-refractivity contribution in [1.29, 1.82) is 0 Å². The maximum absolute atomic E-state index is 10.8. The molecule has 0 saturated carbocycles. The maximum Gasteiger partial charge on any atom is 0.221 e. The van der Waals surface area contributed by atoms with Crippen molar-refractivity contribution in [2.24, 2.45) is 0 Å². The van der Waals surface area contributed by atoms with E-state index in [1.807, 2.05) is 24.3 Å². The molecule has 1 aromatic carbocycles. The van der Waals surface area contributed by atoms with Crippen molar-refractivity contribution in [2.45, 2.75) is 26.2 Å². The van der Waals surface area contributed by atoms with Gasteiger partial charge in [-0.2, -0.15) is 0 Å². The smallest absolute Gasteiger partial charge is 0.221 e. The summed E-state index contributed by atoms with van der Waals surface area (Å²) >= 11 is 3.40. The molecule has 0 heterocycles. The van der Waals surface area contributed by atoms with Crippen molar-refractivity contribution in [3.05, 3.63) is 24.3 Å². The molecule has 0 atom stereocenters. The normalized spacial score (nSPS) is 10.0. The third-order valence-corrected chi connectivity index (χ3v) is 2.78. The molecule has 0 bridgehead atoms. The van der Waals surface area contributed by atoms with Gasteiger partial charge in [-0.05, 0) is 43.5 Å². The largest absolute Gasteiger partial charge is 0.494 e. The zero-order chi connectivity index (χ0) is 12.5. The third kappa shape index (κ3) is 6.31. The minimum Gasteiger partial charge on any atom is -0.494 e. The predicted octanol–water partition coefficient (Wildman–Crippen LogP) is 3.59. The summed E-state index contributed by atoms with van der Waals surface area (Å²) in [5.74, 6) is 0.784. The molecule has 0 aliphatic heterocycles. The summed E-state index contributed by atoms with van der Waals surface area (Å²) in [7, 11) is 0. The van der Waals surface area contributed by atoms with E-state index in [1.165, 1.54) is 19.8 Å². The van der Waals surface area contributed by atoms with Gasteiger partial charge in [0.05, 0.1) is 6.61 Å². The number of amides is 1. The minimum atomic E-state index is -0.0616. The molecule has 0 aliphatic carbocycles. The van der Waals surface area contributed by atoms with Crippen molar-refractivity contribution in [2.75, 3.05) is 17.3 Å². The number of carbonyl (C=O) groups excluding carboxylic acids is 1. The van der Waals surface area contributed by atoms with E-state index in [4.69, 9.17) is 4.74 Å². The lowest BCUT2D eigenvalue weighted by molar-refractivity contribution is -0.114. The second-order valence-electron chi connectivity index (χ2n) is 3.80. The van der Waals surface area contributed by atoms with Crippen LogP contribution in [0.2, 0.25) is 0 Å². The zero-order valence-electron chi connectivity index (χ0n) is 10.0. The molecule has 0 saturated heterocycles. The monoisotopic (exact) mass is 299 g/mol. The van der Waals surface area contributed by atoms with Crippen molar-refractivity contribution < 1.29 is 9.53 Å². The Morgan fingerprint density at radius 2 is 1.94 bits per heavy atom. The van der Waals surface area contributed by atoms with E-state index in [0.29, 0.717) is 0 Å². The molecule has 0 radical (unpaired) electrons. The molecule has 94 valence electrons. The highest BCUT2D eigenvalue weighted by atomic mass is 79.9. The van der Waals surface area contributed by atoms with Crippen molar-refractivity contribution in [1.82, 2.24) is 0 Å².